The number of ketones is 2. The van der Waals surface area contributed by atoms with Crippen LogP contribution in [0.15, 0.2) is 46.2 Å². The van der Waals surface area contributed by atoms with Gasteiger partial charge in [-0.25, -0.2) is 0 Å². The van der Waals surface area contributed by atoms with E-state index in [0.29, 0.717) is 12.8 Å². The molecular formula is C18H17NO2S. The second-order valence-corrected chi connectivity index (χ2v) is 6.29. The number of benzene rings is 2. The third-order valence-corrected chi connectivity index (χ3v) is 4.89. The molecule has 3 nitrogen and oxygen atoms in total. The number of anilines is 2. The van der Waals surface area contributed by atoms with Crippen molar-refractivity contribution in [2.24, 2.45) is 0 Å². The molecule has 0 fully saturated rings. The van der Waals surface area contributed by atoms with Crippen molar-refractivity contribution in [3.63, 3.8) is 0 Å². The first kappa shape index (κ1) is 14.9. The van der Waals surface area contributed by atoms with Gasteiger partial charge in [0.05, 0.1) is 11.4 Å². The SMILES string of the molecule is CCC(=O)c1ccc2c(c1)Nc1cc(C(=O)CC)ccc1S2. The van der Waals surface area contributed by atoms with E-state index >= 15 is 0 Å². The van der Waals surface area contributed by atoms with E-state index in [1.807, 2.05) is 50.2 Å². The molecule has 0 radical (unpaired) electrons. The van der Waals surface area contributed by atoms with Crippen LogP contribution in [-0.4, -0.2) is 11.6 Å². The predicted molar refractivity (Wildman–Crippen MR) is 89.5 cm³/mol. The molecule has 1 aliphatic heterocycles. The van der Waals surface area contributed by atoms with Crippen molar-refractivity contribution in [3.05, 3.63) is 47.5 Å². The van der Waals surface area contributed by atoms with Crippen LogP contribution in [0.1, 0.15) is 47.4 Å². The number of Topliss-reactive ketones (excluding diaryl/α,β-unsaturated/α-hetero) is 2. The Labute approximate surface area is 134 Å². The molecule has 0 saturated carbocycles. The lowest BCUT2D eigenvalue weighted by atomic mass is 10.1. The minimum absolute atomic E-state index is 0.135. The van der Waals surface area contributed by atoms with Gasteiger partial charge in [-0.2, -0.15) is 0 Å². The van der Waals surface area contributed by atoms with Crippen LogP contribution in [-0.2, 0) is 0 Å². The summed E-state index contributed by atoms with van der Waals surface area (Å²) in [6, 6.07) is 11.5. The highest BCUT2D eigenvalue weighted by Gasteiger charge is 2.18. The molecule has 0 saturated heterocycles. The summed E-state index contributed by atoms with van der Waals surface area (Å²) in [4.78, 5) is 25.9. The number of carbonyl (C=O) groups is 2. The molecule has 0 amide bonds. The zero-order valence-electron chi connectivity index (χ0n) is 12.6. The number of fused-ring (bicyclic) bond motifs is 2. The smallest absolute Gasteiger partial charge is 0.162 e. The lowest BCUT2D eigenvalue weighted by molar-refractivity contribution is 0.0980. The first-order valence-electron chi connectivity index (χ1n) is 7.41. The Kier molecular flexibility index (Phi) is 4.03. The zero-order valence-corrected chi connectivity index (χ0v) is 13.4. The van der Waals surface area contributed by atoms with Crippen LogP contribution in [0.5, 0.6) is 0 Å². The summed E-state index contributed by atoms with van der Waals surface area (Å²) < 4.78 is 0. The monoisotopic (exact) mass is 311 g/mol. The highest BCUT2D eigenvalue weighted by molar-refractivity contribution is 7.99. The van der Waals surface area contributed by atoms with Crippen molar-refractivity contribution in [2.75, 3.05) is 5.32 Å². The van der Waals surface area contributed by atoms with Gasteiger partial charge in [-0.1, -0.05) is 37.7 Å². The highest BCUT2D eigenvalue weighted by atomic mass is 32.2. The molecule has 0 atom stereocenters. The van der Waals surface area contributed by atoms with E-state index < -0.39 is 0 Å². The summed E-state index contributed by atoms with van der Waals surface area (Å²) in [5.74, 6) is 0.269. The fourth-order valence-corrected chi connectivity index (χ4v) is 3.40. The van der Waals surface area contributed by atoms with Crippen molar-refractivity contribution in [1.82, 2.24) is 0 Å². The van der Waals surface area contributed by atoms with Gasteiger partial charge in [-0.05, 0) is 24.3 Å². The molecule has 2 aromatic carbocycles. The van der Waals surface area contributed by atoms with Crippen LogP contribution >= 0.6 is 11.8 Å². The van der Waals surface area contributed by atoms with Gasteiger partial charge in [-0.3, -0.25) is 9.59 Å². The zero-order chi connectivity index (χ0) is 15.7. The number of rotatable bonds is 4. The topological polar surface area (TPSA) is 46.2 Å². The van der Waals surface area contributed by atoms with Crippen LogP contribution < -0.4 is 5.32 Å². The Bertz CT molecular complexity index is 704. The van der Waals surface area contributed by atoms with Crippen molar-refractivity contribution < 1.29 is 9.59 Å². The van der Waals surface area contributed by atoms with E-state index in [1.165, 1.54) is 0 Å². The second kappa shape index (κ2) is 5.97. The van der Waals surface area contributed by atoms with Gasteiger partial charge in [-0.15, -0.1) is 0 Å². The summed E-state index contributed by atoms with van der Waals surface area (Å²) in [6.45, 7) is 3.73. The first-order valence-corrected chi connectivity index (χ1v) is 8.23. The average Bonchev–Trinajstić information content (AvgIpc) is 2.57. The van der Waals surface area contributed by atoms with E-state index in [4.69, 9.17) is 0 Å². The number of carbonyl (C=O) groups excluding carboxylic acids is 2. The number of hydrogen-bond donors (Lipinski definition) is 1. The fourth-order valence-electron chi connectivity index (χ4n) is 2.45. The summed E-state index contributed by atoms with van der Waals surface area (Å²) in [5, 5.41) is 3.35. The Morgan fingerprint density at radius 2 is 1.32 bits per heavy atom. The molecule has 22 heavy (non-hydrogen) atoms. The largest absolute Gasteiger partial charge is 0.354 e. The average molecular weight is 311 g/mol. The third-order valence-electron chi connectivity index (χ3n) is 3.73. The maximum absolute atomic E-state index is 11.8. The Balaban J connectivity index is 1.96. The van der Waals surface area contributed by atoms with Crippen molar-refractivity contribution >= 4 is 34.7 Å². The maximum Gasteiger partial charge on any atom is 0.162 e. The predicted octanol–water partition coefficient (Wildman–Crippen LogP) is 5.08. The quantitative estimate of drug-likeness (QED) is 0.682. The molecule has 0 spiro atoms. The van der Waals surface area contributed by atoms with E-state index in [0.717, 1.165) is 32.3 Å². The molecule has 4 heteroatoms. The minimum atomic E-state index is 0.135. The normalized spacial score (nSPS) is 12.1. The van der Waals surface area contributed by atoms with Crippen LogP contribution in [0.25, 0.3) is 0 Å². The summed E-state index contributed by atoms with van der Waals surface area (Å²) in [7, 11) is 0. The lowest BCUT2D eigenvalue weighted by Gasteiger charge is -2.21. The van der Waals surface area contributed by atoms with E-state index in [1.54, 1.807) is 11.8 Å². The molecule has 0 aliphatic carbocycles. The standard InChI is InChI=1S/C18H17NO2S/c1-3-15(20)11-5-7-17-13(9-11)19-14-10-12(16(21)4-2)6-8-18(14)22-17/h5-10,19H,3-4H2,1-2H3. The molecule has 1 heterocycles. The lowest BCUT2D eigenvalue weighted by Crippen LogP contribution is -2.05. The minimum Gasteiger partial charge on any atom is -0.354 e. The number of nitrogens with one attached hydrogen (secondary N) is 1. The molecule has 2 aromatic rings. The van der Waals surface area contributed by atoms with Gasteiger partial charge in [0.1, 0.15) is 0 Å². The Hall–Kier alpha value is -2.07. The fraction of sp³-hybridized carbons (Fsp3) is 0.222. The first-order chi connectivity index (χ1) is 10.6. The molecule has 0 aromatic heterocycles. The van der Waals surface area contributed by atoms with Crippen molar-refractivity contribution in [3.8, 4) is 0 Å². The Morgan fingerprint density at radius 1 is 0.864 bits per heavy atom. The van der Waals surface area contributed by atoms with Gasteiger partial charge >= 0.3 is 0 Å². The van der Waals surface area contributed by atoms with Crippen LogP contribution in [0.2, 0.25) is 0 Å². The maximum atomic E-state index is 11.8. The van der Waals surface area contributed by atoms with Crippen LogP contribution in [0.3, 0.4) is 0 Å². The van der Waals surface area contributed by atoms with Gasteiger partial charge in [0, 0.05) is 33.8 Å². The molecule has 0 unspecified atom stereocenters. The molecular weight excluding hydrogens is 294 g/mol. The third kappa shape index (κ3) is 2.66. The summed E-state index contributed by atoms with van der Waals surface area (Å²) in [6.07, 6.45) is 0.995. The molecule has 112 valence electrons. The molecule has 3 rings (SSSR count). The van der Waals surface area contributed by atoms with Gasteiger partial charge < -0.3 is 5.32 Å². The second-order valence-electron chi connectivity index (χ2n) is 5.20. The summed E-state index contributed by atoms with van der Waals surface area (Å²) >= 11 is 1.65. The molecule has 1 aliphatic rings. The molecule has 1 N–H and O–H groups in total. The molecule has 0 bridgehead atoms. The van der Waals surface area contributed by atoms with Gasteiger partial charge in [0.25, 0.3) is 0 Å². The van der Waals surface area contributed by atoms with Crippen molar-refractivity contribution in [2.45, 2.75) is 36.5 Å². The highest BCUT2D eigenvalue weighted by Crippen LogP contribution is 2.44. The van der Waals surface area contributed by atoms with E-state index in [2.05, 4.69) is 5.32 Å². The van der Waals surface area contributed by atoms with Crippen LogP contribution in [0, 0.1) is 0 Å². The van der Waals surface area contributed by atoms with Gasteiger partial charge in [0.2, 0.25) is 0 Å². The van der Waals surface area contributed by atoms with Gasteiger partial charge in [0.15, 0.2) is 11.6 Å². The summed E-state index contributed by atoms with van der Waals surface area (Å²) in [5.41, 5.74) is 3.30. The Morgan fingerprint density at radius 3 is 1.73 bits per heavy atom. The van der Waals surface area contributed by atoms with E-state index in [-0.39, 0.29) is 11.6 Å². The van der Waals surface area contributed by atoms with Crippen LogP contribution in [0.4, 0.5) is 11.4 Å². The number of hydrogen-bond acceptors (Lipinski definition) is 4. The van der Waals surface area contributed by atoms with Crippen molar-refractivity contribution in [1.29, 1.82) is 0 Å². The van der Waals surface area contributed by atoms with E-state index in [9.17, 15) is 9.59 Å².